The number of ether oxygens (including phenoxy) is 1. The van der Waals surface area contributed by atoms with Crippen molar-refractivity contribution in [3.05, 3.63) is 36.3 Å². The molecule has 1 aliphatic carbocycles. The van der Waals surface area contributed by atoms with Gasteiger partial charge in [0.1, 0.15) is 17.8 Å². The number of fused-ring (bicyclic) bond motifs is 1. The molecule has 3 atom stereocenters. The van der Waals surface area contributed by atoms with E-state index in [-0.39, 0.29) is 18.1 Å². The molecule has 0 bridgehead atoms. The molecule has 2 aliphatic rings. The van der Waals surface area contributed by atoms with Crippen LogP contribution in [0.5, 0.6) is 0 Å². The molecule has 2 N–H and O–H groups in total. The van der Waals surface area contributed by atoms with Gasteiger partial charge in [0, 0.05) is 25.6 Å². The summed E-state index contributed by atoms with van der Waals surface area (Å²) in [4.78, 5) is 17.8. The summed E-state index contributed by atoms with van der Waals surface area (Å²) in [5, 5.41) is 6.43. The average molecular weight is 387 g/mol. The molecule has 2 fully saturated rings. The number of aromatic nitrogens is 2. The van der Waals surface area contributed by atoms with E-state index in [2.05, 4.69) is 27.9 Å². The van der Waals surface area contributed by atoms with E-state index < -0.39 is 5.41 Å². The number of hydrogen-bond donors (Lipinski definition) is 2. The molecular weight excluding hydrogens is 360 g/mol. The van der Waals surface area contributed by atoms with E-state index in [1.165, 1.54) is 0 Å². The quantitative estimate of drug-likeness (QED) is 0.621. The Labute approximate surface area is 164 Å². The summed E-state index contributed by atoms with van der Waals surface area (Å²) in [5.41, 5.74) is 1.46. The predicted octanol–water partition coefficient (Wildman–Crippen LogP) is 2.36. The molecule has 3 heterocycles. The van der Waals surface area contributed by atoms with Crippen LogP contribution in [0.2, 0.25) is 0 Å². The van der Waals surface area contributed by atoms with Crippen molar-refractivity contribution >= 4 is 28.8 Å². The van der Waals surface area contributed by atoms with Crippen molar-refractivity contribution in [1.82, 2.24) is 20.0 Å². The minimum atomic E-state index is -0.505. The standard InChI is InChI=1S/C20H26N4O2S/c1-21-19(27)20(14-7-8-17-23-11-12-24(17)13-14)9-3-2-6-16(20)26-18(25)15-5-4-10-22-15/h7-8,11-13,15-16,22H,2-6,9-10H2,1H3,(H,21,27). The highest BCUT2D eigenvalue weighted by Crippen LogP contribution is 2.42. The molecule has 1 saturated heterocycles. The van der Waals surface area contributed by atoms with Gasteiger partial charge in [0.15, 0.2) is 0 Å². The summed E-state index contributed by atoms with van der Waals surface area (Å²) in [5.74, 6) is -0.147. The molecule has 6 nitrogen and oxygen atoms in total. The predicted molar refractivity (Wildman–Crippen MR) is 108 cm³/mol. The Morgan fingerprint density at radius 2 is 2.26 bits per heavy atom. The smallest absolute Gasteiger partial charge is 0.323 e. The second kappa shape index (κ2) is 7.56. The zero-order valence-corrected chi connectivity index (χ0v) is 16.4. The SMILES string of the molecule is CNC(=S)C1(c2ccc3nccn3c2)CCCCC1OC(=O)C1CCCN1. The van der Waals surface area contributed by atoms with Crippen LogP contribution in [0, 0.1) is 0 Å². The molecule has 4 rings (SSSR count). The van der Waals surface area contributed by atoms with Gasteiger partial charge in [-0.3, -0.25) is 4.79 Å². The first-order valence-electron chi connectivity index (χ1n) is 9.74. The Balaban J connectivity index is 1.72. The van der Waals surface area contributed by atoms with Gasteiger partial charge in [-0.05, 0) is 50.3 Å². The number of thiocarbonyl (C=S) groups is 1. The lowest BCUT2D eigenvalue weighted by Gasteiger charge is -2.44. The maximum Gasteiger partial charge on any atom is 0.323 e. The number of rotatable bonds is 4. The number of carbonyl (C=O) groups excluding carboxylic acids is 1. The number of esters is 1. The zero-order chi connectivity index (χ0) is 18.9. The third kappa shape index (κ3) is 3.23. The van der Waals surface area contributed by atoms with Gasteiger partial charge in [-0.1, -0.05) is 24.7 Å². The number of pyridine rings is 1. The average Bonchev–Trinajstić information content (AvgIpc) is 3.39. The fourth-order valence-corrected chi connectivity index (χ4v) is 4.89. The molecular formula is C20H26N4O2S. The van der Waals surface area contributed by atoms with E-state index in [0.29, 0.717) is 0 Å². The van der Waals surface area contributed by atoms with Gasteiger partial charge < -0.3 is 19.8 Å². The minimum Gasteiger partial charge on any atom is -0.460 e. The van der Waals surface area contributed by atoms with Gasteiger partial charge in [-0.2, -0.15) is 0 Å². The summed E-state index contributed by atoms with van der Waals surface area (Å²) in [6, 6.07) is 3.89. The van der Waals surface area contributed by atoms with Gasteiger partial charge in [-0.15, -0.1) is 0 Å². The van der Waals surface area contributed by atoms with Crippen molar-refractivity contribution < 1.29 is 9.53 Å². The molecule has 144 valence electrons. The number of nitrogens with zero attached hydrogens (tertiary/aromatic N) is 2. The molecule has 2 aromatic heterocycles. The van der Waals surface area contributed by atoms with Gasteiger partial charge in [0.25, 0.3) is 0 Å². The largest absolute Gasteiger partial charge is 0.460 e. The van der Waals surface area contributed by atoms with E-state index in [1.54, 1.807) is 6.20 Å². The van der Waals surface area contributed by atoms with Crippen LogP contribution in [0.1, 0.15) is 44.1 Å². The van der Waals surface area contributed by atoms with E-state index in [4.69, 9.17) is 17.0 Å². The molecule has 0 spiro atoms. The third-order valence-electron chi connectivity index (χ3n) is 5.98. The molecule has 2 aromatic rings. The van der Waals surface area contributed by atoms with Crippen LogP contribution in [0.3, 0.4) is 0 Å². The zero-order valence-electron chi connectivity index (χ0n) is 15.6. The number of likely N-dealkylation sites (N-methyl/N-ethyl adjacent to an activating group) is 1. The second-order valence-electron chi connectivity index (χ2n) is 7.48. The summed E-state index contributed by atoms with van der Waals surface area (Å²) in [7, 11) is 1.85. The number of carbonyl (C=O) groups is 1. The van der Waals surface area contributed by atoms with Gasteiger partial charge in [-0.25, -0.2) is 4.98 Å². The highest BCUT2D eigenvalue weighted by molar-refractivity contribution is 7.80. The highest BCUT2D eigenvalue weighted by atomic mass is 32.1. The lowest BCUT2D eigenvalue weighted by atomic mass is 9.67. The van der Waals surface area contributed by atoms with Crippen molar-refractivity contribution in [2.75, 3.05) is 13.6 Å². The van der Waals surface area contributed by atoms with Crippen LogP contribution in [-0.4, -0.2) is 46.1 Å². The van der Waals surface area contributed by atoms with Crippen molar-refractivity contribution in [2.24, 2.45) is 0 Å². The Hall–Kier alpha value is -1.99. The first kappa shape index (κ1) is 18.4. The Kier molecular flexibility index (Phi) is 5.14. The number of nitrogens with one attached hydrogen (secondary N) is 2. The molecule has 3 unspecified atom stereocenters. The fourth-order valence-electron chi connectivity index (χ4n) is 4.54. The van der Waals surface area contributed by atoms with Crippen LogP contribution in [-0.2, 0) is 14.9 Å². The van der Waals surface area contributed by atoms with E-state index >= 15 is 0 Å². The van der Waals surface area contributed by atoms with Crippen LogP contribution in [0.25, 0.3) is 5.65 Å². The van der Waals surface area contributed by atoms with Crippen LogP contribution < -0.4 is 10.6 Å². The topological polar surface area (TPSA) is 67.7 Å². The Morgan fingerprint density at radius 3 is 3.04 bits per heavy atom. The third-order valence-corrected chi connectivity index (χ3v) is 6.54. The van der Waals surface area contributed by atoms with Crippen molar-refractivity contribution in [1.29, 1.82) is 0 Å². The maximum absolute atomic E-state index is 12.8. The Morgan fingerprint density at radius 1 is 1.37 bits per heavy atom. The molecule has 27 heavy (non-hydrogen) atoms. The van der Waals surface area contributed by atoms with Crippen molar-refractivity contribution in [3.8, 4) is 0 Å². The van der Waals surface area contributed by atoms with E-state index in [0.717, 1.165) is 61.3 Å². The van der Waals surface area contributed by atoms with Crippen molar-refractivity contribution in [2.45, 2.75) is 56.1 Å². The van der Waals surface area contributed by atoms with Crippen molar-refractivity contribution in [3.63, 3.8) is 0 Å². The van der Waals surface area contributed by atoms with E-state index in [9.17, 15) is 4.79 Å². The molecule has 1 aliphatic heterocycles. The van der Waals surface area contributed by atoms with Gasteiger partial charge in [0.05, 0.1) is 10.4 Å². The Bertz CT molecular complexity index is 845. The molecule has 7 heteroatoms. The normalized spacial score (nSPS) is 28.2. The second-order valence-corrected chi connectivity index (χ2v) is 7.89. The molecule has 0 radical (unpaired) electrons. The maximum atomic E-state index is 12.8. The molecule has 0 aromatic carbocycles. The number of imidazole rings is 1. The lowest BCUT2D eigenvalue weighted by molar-refractivity contribution is -0.155. The van der Waals surface area contributed by atoms with Crippen LogP contribution in [0.15, 0.2) is 30.7 Å². The first-order chi connectivity index (χ1) is 13.1. The summed E-state index contributed by atoms with van der Waals surface area (Å²) in [6.45, 7) is 0.877. The number of hydrogen-bond acceptors (Lipinski definition) is 5. The summed E-state index contributed by atoms with van der Waals surface area (Å²) in [6.07, 6.45) is 11.2. The first-order valence-corrected chi connectivity index (χ1v) is 10.2. The molecule has 1 saturated carbocycles. The monoisotopic (exact) mass is 386 g/mol. The lowest BCUT2D eigenvalue weighted by Crippen LogP contribution is -2.54. The van der Waals surface area contributed by atoms with Crippen LogP contribution >= 0.6 is 12.2 Å². The van der Waals surface area contributed by atoms with Crippen LogP contribution in [0.4, 0.5) is 0 Å². The minimum absolute atomic E-state index is 0.147. The molecule has 0 amide bonds. The highest BCUT2D eigenvalue weighted by Gasteiger charge is 2.48. The van der Waals surface area contributed by atoms with E-state index in [1.807, 2.05) is 23.7 Å². The van der Waals surface area contributed by atoms with Gasteiger partial charge in [0.2, 0.25) is 0 Å². The van der Waals surface area contributed by atoms with Gasteiger partial charge >= 0.3 is 5.97 Å². The fraction of sp³-hybridized carbons (Fsp3) is 0.550. The summed E-state index contributed by atoms with van der Waals surface area (Å²) >= 11 is 5.79. The summed E-state index contributed by atoms with van der Waals surface area (Å²) < 4.78 is 8.11.